The Morgan fingerprint density at radius 1 is 1.08 bits per heavy atom. The fourth-order valence-electron chi connectivity index (χ4n) is 2.17. The topological polar surface area (TPSA) is 124 Å². The first-order valence-corrected chi connectivity index (χ1v) is 9.70. The molecule has 2 unspecified atom stereocenters. The van der Waals surface area contributed by atoms with Crippen LogP contribution in [0.1, 0.15) is 64.7 Å². The number of carbonyl (C=O) groups excluding carboxylic acids is 1. The van der Waals surface area contributed by atoms with E-state index < -0.39 is 40.7 Å². The van der Waals surface area contributed by atoms with Gasteiger partial charge in [0.25, 0.3) is 0 Å². The van der Waals surface area contributed by atoms with Crippen molar-refractivity contribution in [3.63, 3.8) is 0 Å². The molecule has 2 atom stereocenters. The summed E-state index contributed by atoms with van der Waals surface area (Å²) in [7, 11) is -4.79. The molecular formula is C15H29NaO7S. The van der Waals surface area contributed by atoms with Crippen LogP contribution in [0.4, 0.5) is 0 Å². The quantitative estimate of drug-likeness (QED) is 0.161. The van der Waals surface area contributed by atoms with Gasteiger partial charge in [-0.15, -0.1) is 0 Å². The summed E-state index contributed by atoms with van der Waals surface area (Å²) < 4.78 is 38.0. The number of carbonyl (C=O) groups is 1. The van der Waals surface area contributed by atoms with Crippen molar-refractivity contribution >= 4 is 16.1 Å². The van der Waals surface area contributed by atoms with Gasteiger partial charge in [0, 0.05) is 0 Å². The Morgan fingerprint density at radius 2 is 1.58 bits per heavy atom. The van der Waals surface area contributed by atoms with Gasteiger partial charge in [-0.25, -0.2) is 8.42 Å². The van der Waals surface area contributed by atoms with E-state index in [1.807, 2.05) is 0 Å². The Balaban J connectivity index is 0. The molecule has 0 rings (SSSR count). The summed E-state index contributed by atoms with van der Waals surface area (Å²) in [5, 5.41) is 15.9. The predicted octanol–water partition coefficient (Wildman–Crippen LogP) is -1.67. The second-order valence-corrected chi connectivity index (χ2v) is 7.27. The average Bonchev–Trinajstić information content (AvgIpc) is 2.49. The summed E-state index contributed by atoms with van der Waals surface area (Å²) >= 11 is 0. The van der Waals surface area contributed by atoms with E-state index in [0.29, 0.717) is 6.42 Å². The van der Waals surface area contributed by atoms with Crippen molar-refractivity contribution in [1.82, 2.24) is 0 Å². The van der Waals surface area contributed by atoms with Crippen LogP contribution in [-0.2, 0) is 19.6 Å². The molecular weight excluding hydrogens is 347 g/mol. The molecule has 138 valence electrons. The average molecular weight is 376 g/mol. The van der Waals surface area contributed by atoms with Gasteiger partial charge in [0.15, 0.2) is 0 Å². The van der Waals surface area contributed by atoms with E-state index >= 15 is 0 Å². The molecule has 0 spiro atoms. The molecule has 0 heterocycles. The van der Waals surface area contributed by atoms with Crippen molar-refractivity contribution in [1.29, 1.82) is 0 Å². The van der Waals surface area contributed by atoms with Crippen LogP contribution >= 0.6 is 0 Å². The Labute approximate surface area is 167 Å². The molecule has 2 N–H and O–H groups in total. The van der Waals surface area contributed by atoms with Crippen LogP contribution in [0, 0.1) is 0 Å². The second-order valence-electron chi connectivity index (χ2n) is 5.71. The monoisotopic (exact) mass is 376 g/mol. The molecule has 0 radical (unpaired) electrons. The maximum atomic E-state index is 11.7. The summed E-state index contributed by atoms with van der Waals surface area (Å²) in [4.78, 5) is 11.7. The standard InChI is InChI=1S/C15H30O7S.Na/c1-2-3-4-5-6-7-8-9-10-14(23(19,20)21)15(18)22-12-13(17)11-16;/h13-14,16-17H,2-12H2,1H3,(H,19,20,21);/q;+1/p-1. The molecule has 0 aromatic carbocycles. The molecule has 0 aliphatic rings. The fourth-order valence-corrected chi connectivity index (χ4v) is 2.93. The van der Waals surface area contributed by atoms with E-state index in [1.54, 1.807) is 0 Å². The molecule has 24 heavy (non-hydrogen) atoms. The number of hydrogen-bond acceptors (Lipinski definition) is 7. The molecule has 7 nitrogen and oxygen atoms in total. The van der Waals surface area contributed by atoms with Crippen LogP contribution < -0.4 is 29.6 Å². The van der Waals surface area contributed by atoms with Crippen molar-refractivity contribution < 1.29 is 62.3 Å². The number of unbranched alkanes of at least 4 members (excludes halogenated alkanes) is 7. The van der Waals surface area contributed by atoms with Crippen molar-refractivity contribution in [3.05, 3.63) is 0 Å². The predicted molar refractivity (Wildman–Crippen MR) is 84.8 cm³/mol. The third-order valence-corrected chi connectivity index (χ3v) is 4.69. The minimum atomic E-state index is -4.79. The van der Waals surface area contributed by atoms with Crippen LogP contribution in [0.25, 0.3) is 0 Å². The van der Waals surface area contributed by atoms with E-state index in [1.165, 1.54) is 19.3 Å². The van der Waals surface area contributed by atoms with Crippen molar-refractivity contribution in [2.24, 2.45) is 0 Å². The van der Waals surface area contributed by atoms with Gasteiger partial charge in [0.05, 0.1) is 6.61 Å². The van der Waals surface area contributed by atoms with Gasteiger partial charge in [-0.2, -0.15) is 0 Å². The van der Waals surface area contributed by atoms with E-state index in [2.05, 4.69) is 11.7 Å². The zero-order chi connectivity index (χ0) is 17.7. The number of aliphatic hydroxyl groups excluding tert-OH is 2. The number of aliphatic hydroxyl groups is 2. The number of rotatable bonds is 14. The molecule has 0 aliphatic heterocycles. The van der Waals surface area contributed by atoms with Gasteiger partial charge >= 0.3 is 35.5 Å². The summed E-state index contributed by atoms with van der Waals surface area (Å²) in [5.41, 5.74) is 0. The second kappa shape index (κ2) is 15.5. The first-order valence-electron chi connectivity index (χ1n) is 8.23. The fraction of sp³-hybridized carbons (Fsp3) is 0.933. The summed E-state index contributed by atoms with van der Waals surface area (Å²) in [6.45, 7) is 1.00. The van der Waals surface area contributed by atoms with Gasteiger partial charge in [-0.1, -0.05) is 58.3 Å². The Kier molecular flexibility index (Phi) is 17.2. The van der Waals surface area contributed by atoms with Crippen molar-refractivity contribution in [2.75, 3.05) is 13.2 Å². The minimum absolute atomic E-state index is 0. The number of esters is 1. The van der Waals surface area contributed by atoms with E-state index in [9.17, 15) is 17.8 Å². The van der Waals surface area contributed by atoms with Crippen molar-refractivity contribution in [2.45, 2.75) is 76.1 Å². The Bertz CT molecular complexity index is 414. The van der Waals surface area contributed by atoms with Crippen LogP contribution in [-0.4, -0.2) is 53.7 Å². The SMILES string of the molecule is CCCCCCCCCCC(C(=O)OCC(O)CO)S(=O)(=O)[O-].[Na+]. The van der Waals surface area contributed by atoms with Crippen LogP contribution in [0.15, 0.2) is 0 Å². The van der Waals surface area contributed by atoms with Crippen molar-refractivity contribution in [3.8, 4) is 0 Å². The molecule has 0 aliphatic carbocycles. The zero-order valence-corrected chi connectivity index (χ0v) is 17.6. The van der Waals surface area contributed by atoms with Gasteiger partial charge in [-0.3, -0.25) is 4.79 Å². The normalized spacial score (nSPS) is 13.8. The third-order valence-electron chi connectivity index (χ3n) is 3.56. The Hall–Kier alpha value is 0.300. The molecule has 0 bridgehead atoms. The first-order chi connectivity index (χ1) is 10.8. The smallest absolute Gasteiger partial charge is 0.747 e. The third kappa shape index (κ3) is 13.6. The van der Waals surface area contributed by atoms with Gasteiger partial charge in [0.2, 0.25) is 0 Å². The van der Waals surface area contributed by atoms with E-state index in [-0.39, 0.29) is 36.0 Å². The molecule has 9 heteroatoms. The van der Waals surface area contributed by atoms with Gasteiger partial charge in [-0.05, 0) is 6.42 Å². The number of hydrogen-bond donors (Lipinski definition) is 2. The zero-order valence-electron chi connectivity index (χ0n) is 14.8. The summed E-state index contributed by atoms with van der Waals surface area (Å²) in [6, 6.07) is 0. The summed E-state index contributed by atoms with van der Waals surface area (Å²) in [5.74, 6) is -1.16. The maximum Gasteiger partial charge on any atom is 1.00 e. The molecule has 0 fully saturated rings. The molecule has 0 saturated carbocycles. The minimum Gasteiger partial charge on any atom is -0.747 e. The van der Waals surface area contributed by atoms with Crippen LogP contribution in [0.2, 0.25) is 0 Å². The van der Waals surface area contributed by atoms with E-state index in [4.69, 9.17) is 10.2 Å². The van der Waals surface area contributed by atoms with Crippen LogP contribution in [0.3, 0.4) is 0 Å². The molecule has 0 saturated heterocycles. The molecule has 0 aromatic rings. The largest absolute Gasteiger partial charge is 1.00 e. The molecule has 0 aromatic heterocycles. The maximum absolute atomic E-state index is 11.7. The first kappa shape index (κ1) is 26.5. The number of ether oxygens (including phenoxy) is 1. The van der Waals surface area contributed by atoms with Gasteiger partial charge < -0.3 is 19.5 Å². The summed E-state index contributed by atoms with van der Waals surface area (Å²) in [6.07, 6.45) is 6.56. The van der Waals surface area contributed by atoms with Gasteiger partial charge in [0.1, 0.15) is 28.1 Å². The van der Waals surface area contributed by atoms with Crippen LogP contribution in [0.5, 0.6) is 0 Å². The molecule has 0 amide bonds. The Morgan fingerprint density at radius 3 is 2.04 bits per heavy atom. The van der Waals surface area contributed by atoms with E-state index in [0.717, 1.165) is 25.7 Å².